The zero-order valence-electron chi connectivity index (χ0n) is 14.3. The predicted octanol–water partition coefficient (Wildman–Crippen LogP) is 5.02. The summed E-state index contributed by atoms with van der Waals surface area (Å²) in [6.07, 6.45) is 0.967. The lowest BCUT2D eigenvalue weighted by molar-refractivity contribution is 0.200. The first-order valence-electron chi connectivity index (χ1n) is 8.09. The highest BCUT2D eigenvalue weighted by molar-refractivity contribution is 7.99. The molecule has 2 aromatic carbocycles. The van der Waals surface area contributed by atoms with Gasteiger partial charge in [-0.1, -0.05) is 53.2 Å². The van der Waals surface area contributed by atoms with Crippen molar-refractivity contribution in [1.29, 1.82) is 0 Å². The lowest BCUT2D eigenvalue weighted by Gasteiger charge is -2.10. The monoisotopic (exact) mass is 373 g/mol. The zero-order chi connectivity index (χ0) is 17.6. The maximum atomic E-state index is 6.05. The van der Waals surface area contributed by atoms with Crippen LogP contribution in [-0.4, -0.2) is 34.2 Å². The molecule has 0 fully saturated rings. The van der Waals surface area contributed by atoms with Gasteiger partial charge in [0, 0.05) is 35.7 Å². The van der Waals surface area contributed by atoms with Crippen LogP contribution in [0.4, 0.5) is 0 Å². The molecule has 3 rings (SSSR count). The van der Waals surface area contributed by atoms with Crippen LogP contribution >= 0.6 is 23.4 Å². The second-order valence-electron chi connectivity index (χ2n) is 5.68. The van der Waals surface area contributed by atoms with Gasteiger partial charge in [0.15, 0.2) is 11.0 Å². The first-order valence-corrected chi connectivity index (χ1v) is 9.45. The van der Waals surface area contributed by atoms with Gasteiger partial charge in [0.1, 0.15) is 0 Å². The van der Waals surface area contributed by atoms with E-state index in [-0.39, 0.29) is 0 Å². The number of thioether (sulfide) groups is 1. The summed E-state index contributed by atoms with van der Waals surface area (Å²) >= 11 is 7.73. The zero-order valence-corrected chi connectivity index (χ0v) is 15.8. The highest BCUT2D eigenvalue weighted by Crippen LogP contribution is 2.29. The topological polar surface area (TPSA) is 39.9 Å². The van der Waals surface area contributed by atoms with Gasteiger partial charge in [-0.2, -0.15) is 0 Å². The number of hydrogen-bond donors (Lipinski definition) is 0. The molecule has 1 aromatic heterocycles. The minimum atomic E-state index is 0.711. The molecule has 0 aliphatic heterocycles. The van der Waals surface area contributed by atoms with E-state index in [1.807, 2.05) is 24.3 Å². The third kappa shape index (κ3) is 4.42. The highest BCUT2D eigenvalue weighted by Gasteiger charge is 2.16. The molecule has 3 aromatic rings. The van der Waals surface area contributed by atoms with Gasteiger partial charge in [-0.3, -0.25) is 4.57 Å². The summed E-state index contributed by atoms with van der Waals surface area (Å²) in [6, 6.07) is 16.1. The van der Waals surface area contributed by atoms with E-state index in [9.17, 15) is 0 Å². The molecular formula is C19H20ClN3OS. The van der Waals surface area contributed by atoms with Crippen LogP contribution in [0.25, 0.3) is 17.1 Å². The van der Waals surface area contributed by atoms with Crippen molar-refractivity contribution in [2.75, 3.05) is 19.5 Å². The van der Waals surface area contributed by atoms with Crippen LogP contribution in [0.5, 0.6) is 0 Å². The first kappa shape index (κ1) is 18.0. The fraction of sp³-hybridized carbons (Fsp3) is 0.263. The molecule has 0 radical (unpaired) electrons. The van der Waals surface area contributed by atoms with Crippen LogP contribution in [0.3, 0.4) is 0 Å². The molecule has 0 aliphatic rings. The first-order chi connectivity index (χ1) is 12.2. The van der Waals surface area contributed by atoms with Gasteiger partial charge in [-0.15, -0.1) is 10.2 Å². The number of ether oxygens (including phenoxy) is 1. The molecule has 6 heteroatoms. The van der Waals surface area contributed by atoms with Crippen molar-refractivity contribution in [3.8, 4) is 17.1 Å². The van der Waals surface area contributed by atoms with Gasteiger partial charge >= 0.3 is 0 Å². The maximum Gasteiger partial charge on any atom is 0.196 e. The Morgan fingerprint density at radius 2 is 1.76 bits per heavy atom. The van der Waals surface area contributed by atoms with Crippen molar-refractivity contribution < 1.29 is 4.74 Å². The Balaban J connectivity index is 1.98. The number of methoxy groups -OCH3 is 1. The van der Waals surface area contributed by atoms with E-state index in [0.717, 1.165) is 41.0 Å². The van der Waals surface area contributed by atoms with E-state index >= 15 is 0 Å². The number of benzene rings is 2. The van der Waals surface area contributed by atoms with Gasteiger partial charge in [0.2, 0.25) is 0 Å². The fourth-order valence-corrected chi connectivity index (χ4v) is 3.43. The summed E-state index contributed by atoms with van der Waals surface area (Å²) < 4.78 is 7.20. The second kappa shape index (κ2) is 8.52. The minimum Gasteiger partial charge on any atom is -0.385 e. The summed E-state index contributed by atoms with van der Waals surface area (Å²) in [4.78, 5) is 0. The summed E-state index contributed by atoms with van der Waals surface area (Å²) in [5, 5.41) is 10.4. The van der Waals surface area contributed by atoms with E-state index in [1.54, 1.807) is 18.9 Å². The Morgan fingerprint density at radius 1 is 1.04 bits per heavy atom. The summed E-state index contributed by atoms with van der Waals surface area (Å²) in [7, 11) is 1.72. The largest absolute Gasteiger partial charge is 0.385 e. The Bertz CT molecular complexity index is 816. The van der Waals surface area contributed by atoms with Crippen molar-refractivity contribution in [3.63, 3.8) is 0 Å². The number of halogens is 1. The number of aryl methyl sites for hydroxylation is 1. The van der Waals surface area contributed by atoms with E-state index in [1.165, 1.54) is 5.56 Å². The second-order valence-corrected chi connectivity index (χ2v) is 7.18. The van der Waals surface area contributed by atoms with Crippen molar-refractivity contribution in [3.05, 3.63) is 59.1 Å². The molecule has 0 N–H and O–H groups in total. The van der Waals surface area contributed by atoms with Crippen LogP contribution in [0.1, 0.15) is 12.0 Å². The minimum absolute atomic E-state index is 0.711. The molecule has 4 nitrogen and oxygen atoms in total. The maximum absolute atomic E-state index is 6.05. The van der Waals surface area contributed by atoms with E-state index in [2.05, 4.69) is 46.0 Å². The lowest BCUT2D eigenvalue weighted by Crippen LogP contribution is -2.00. The molecule has 0 saturated heterocycles. The van der Waals surface area contributed by atoms with Gasteiger partial charge < -0.3 is 4.74 Å². The normalized spacial score (nSPS) is 11.0. The van der Waals surface area contributed by atoms with Crippen molar-refractivity contribution >= 4 is 23.4 Å². The van der Waals surface area contributed by atoms with Crippen LogP contribution in [-0.2, 0) is 4.74 Å². The molecule has 0 spiro atoms. The summed E-state index contributed by atoms with van der Waals surface area (Å²) in [5.74, 6) is 1.75. The molecule has 0 saturated carbocycles. The Labute approximate surface area is 157 Å². The van der Waals surface area contributed by atoms with Gasteiger partial charge in [0.25, 0.3) is 0 Å². The average Bonchev–Trinajstić information content (AvgIpc) is 3.04. The summed E-state index contributed by atoms with van der Waals surface area (Å²) in [6.45, 7) is 2.82. The molecule has 0 aliphatic carbocycles. The van der Waals surface area contributed by atoms with Crippen LogP contribution in [0.15, 0.2) is 53.7 Å². The van der Waals surface area contributed by atoms with Crippen LogP contribution < -0.4 is 0 Å². The molecule has 0 amide bonds. The standard InChI is InChI=1S/C19H20ClN3OS/c1-14-4-6-15(7-5-14)18-21-22-19(25-13-3-12-24-2)23(18)17-10-8-16(20)9-11-17/h4-11H,3,12-13H2,1-2H3. The smallest absolute Gasteiger partial charge is 0.196 e. The molecule has 130 valence electrons. The summed E-state index contributed by atoms with van der Waals surface area (Å²) in [5.41, 5.74) is 3.26. The molecular weight excluding hydrogens is 354 g/mol. The highest BCUT2D eigenvalue weighted by atomic mass is 35.5. The number of nitrogens with zero attached hydrogens (tertiary/aromatic N) is 3. The Morgan fingerprint density at radius 3 is 2.44 bits per heavy atom. The molecule has 25 heavy (non-hydrogen) atoms. The van der Waals surface area contributed by atoms with Crippen LogP contribution in [0, 0.1) is 6.92 Å². The van der Waals surface area contributed by atoms with Gasteiger partial charge in [0.05, 0.1) is 0 Å². The molecule has 0 unspecified atom stereocenters. The van der Waals surface area contributed by atoms with Crippen molar-refractivity contribution in [1.82, 2.24) is 14.8 Å². The third-order valence-corrected chi connectivity index (χ3v) is 5.02. The fourth-order valence-electron chi connectivity index (χ4n) is 2.44. The number of hydrogen-bond acceptors (Lipinski definition) is 4. The van der Waals surface area contributed by atoms with E-state index < -0.39 is 0 Å². The van der Waals surface area contributed by atoms with Crippen LogP contribution in [0.2, 0.25) is 5.02 Å². The van der Waals surface area contributed by atoms with Gasteiger partial charge in [-0.25, -0.2) is 0 Å². The average molecular weight is 374 g/mol. The predicted molar refractivity (Wildman–Crippen MR) is 104 cm³/mol. The van der Waals surface area contributed by atoms with E-state index in [0.29, 0.717) is 5.02 Å². The van der Waals surface area contributed by atoms with E-state index in [4.69, 9.17) is 16.3 Å². The number of rotatable bonds is 7. The quantitative estimate of drug-likeness (QED) is 0.430. The lowest BCUT2D eigenvalue weighted by atomic mass is 10.1. The third-order valence-electron chi connectivity index (χ3n) is 3.75. The SMILES string of the molecule is COCCCSc1nnc(-c2ccc(C)cc2)n1-c1ccc(Cl)cc1. The molecule has 0 bridgehead atoms. The molecule has 0 atom stereocenters. The van der Waals surface area contributed by atoms with Crippen molar-refractivity contribution in [2.45, 2.75) is 18.5 Å². The molecule has 1 heterocycles. The Kier molecular flexibility index (Phi) is 6.13. The Hall–Kier alpha value is -1.82. The number of aromatic nitrogens is 3. The van der Waals surface area contributed by atoms with Gasteiger partial charge in [-0.05, 0) is 37.6 Å². The van der Waals surface area contributed by atoms with Crippen molar-refractivity contribution in [2.24, 2.45) is 0 Å².